The van der Waals surface area contributed by atoms with E-state index < -0.39 is 11.7 Å². The summed E-state index contributed by atoms with van der Waals surface area (Å²) >= 11 is 0. The first-order valence-electron chi connectivity index (χ1n) is 9.77. The van der Waals surface area contributed by atoms with Gasteiger partial charge in [0.2, 0.25) is 17.7 Å². The van der Waals surface area contributed by atoms with Crippen LogP contribution < -0.4 is 16.0 Å². The van der Waals surface area contributed by atoms with Crippen LogP contribution in [0.15, 0.2) is 48.5 Å². The van der Waals surface area contributed by atoms with Gasteiger partial charge in [0, 0.05) is 11.4 Å². The zero-order valence-corrected chi connectivity index (χ0v) is 17.2. The minimum atomic E-state index is -0.422. The van der Waals surface area contributed by atoms with Gasteiger partial charge in [0.25, 0.3) is 0 Å². The van der Waals surface area contributed by atoms with Gasteiger partial charge < -0.3 is 16.0 Å². The molecular formula is C22H27FN4O3. The van der Waals surface area contributed by atoms with E-state index in [1.165, 1.54) is 24.3 Å². The number of rotatable bonds is 10. The molecule has 0 saturated carbocycles. The molecule has 0 aliphatic heterocycles. The van der Waals surface area contributed by atoms with Crippen LogP contribution >= 0.6 is 0 Å². The molecule has 0 bridgehead atoms. The van der Waals surface area contributed by atoms with Gasteiger partial charge >= 0.3 is 0 Å². The Morgan fingerprint density at radius 3 is 2.23 bits per heavy atom. The molecule has 2 aromatic carbocycles. The van der Waals surface area contributed by atoms with E-state index in [1.807, 2.05) is 38.1 Å². The third-order valence-electron chi connectivity index (χ3n) is 4.27. The number of benzene rings is 2. The van der Waals surface area contributed by atoms with Gasteiger partial charge in [0.05, 0.1) is 19.6 Å². The first-order valence-corrected chi connectivity index (χ1v) is 9.77. The van der Waals surface area contributed by atoms with Gasteiger partial charge in [-0.05, 0) is 55.8 Å². The Morgan fingerprint density at radius 1 is 0.900 bits per heavy atom. The van der Waals surface area contributed by atoms with Gasteiger partial charge in [-0.25, -0.2) is 4.39 Å². The van der Waals surface area contributed by atoms with Crippen molar-refractivity contribution in [3.8, 4) is 0 Å². The second kappa shape index (κ2) is 11.7. The molecule has 160 valence electrons. The molecule has 0 saturated heterocycles. The van der Waals surface area contributed by atoms with Crippen LogP contribution in [-0.2, 0) is 14.4 Å². The van der Waals surface area contributed by atoms with Crippen molar-refractivity contribution in [1.82, 2.24) is 10.2 Å². The van der Waals surface area contributed by atoms with Crippen molar-refractivity contribution in [2.24, 2.45) is 0 Å². The number of carbonyl (C=O) groups is 3. The number of hydrogen-bond acceptors (Lipinski definition) is 4. The van der Waals surface area contributed by atoms with Crippen molar-refractivity contribution >= 4 is 29.1 Å². The van der Waals surface area contributed by atoms with E-state index in [0.29, 0.717) is 12.2 Å². The summed E-state index contributed by atoms with van der Waals surface area (Å²) in [5.74, 6) is -1.39. The number of para-hydroxylation sites is 1. The number of carbonyl (C=O) groups excluding carboxylic acids is 3. The predicted molar refractivity (Wildman–Crippen MR) is 115 cm³/mol. The maximum Gasteiger partial charge on any atom is 0.243 e. The number of nitrogens with one attached hydrogen (secondary N) is 3. The van der Waals surface area contributed by atoms with Crippen molar-refractivity contribution in [2.75, 3.05) is 36.8 Å². The average molecular weight is 414 g/mol. The molecule has 2 rings (SSSR count). The highest BCUT2D eigenvalue weighted by atomic mass is 19.1. The molecule has 30 heavy (non-hydrogen) atoms. The Balaban J connectivity index is 1.79. The number of halogens is 1. The fourth-order valence-electron chi connectivity index (χ4n) is 2.81. The zero-order chi connectivity index (χ0) is 21.9. The van der Waals surface area contributed by atoms with Crippen LogP contribution in [0.2, 0.25) is 0 Å². The number of aryl methyl sites for hydroxylation is 1. The van der Waals surface area contributed by atoms with E-state index >= 15 is 0 Å². The summed E-state index contributed by atoms with van der Waals surface area (Å²) in [5.41, 5.74) is 2.13. The number of amides is 3. The quantitative estimate of drug-likeness (QED) is 0.557. The number of hydrogen-bond donors (Lipinski definition) is 3. The molecule has 8 heteroatoms. The van der Waals surface area contributed by atoms with Crippen molar-refractivity contribution in [1.29, 1.82) is 0 Å². The van der Waals surface area contributed by atoms with Crippen LogP contribution in [0.25, 0.3) is 0 Å². The van der Waals surface area contributed by atoms with E-state index in [0.717, 1.165) is 17.7 Å². The zero-order valence-electron chi connectivity index (χ0n) is 17.2. The molecule has 0 aliphatic carbocycles. The molecule has 0 atom stereocenters. The van der Waals surface area contributed by atoms with Crippen molar-refractivity contribution in [3.63, 3.8) is 0 Å². The molecule has 0 radical (unpaired) electrons. The topological polar surface area (TPSA) is 90.5 Å². The van der Waals surface area contributed by atoms with E-state index in [2.05, 4.69) is 16.0 Å². The van der Waals surface area contributed by atoms with Gasteiger partial charge in [-0.15, -0.1) is 0 Å². The largest absolute Gasteiger partial charge is 0.346 e. The lowest BCUT2D eigenvalue weighted by Gasteiger charge is -2.21. The molecule has 0 aromatic heterocycles. The predicted octanol–water partition coefficient (Wildman–Crippen LogP) is 2.54. The minimum absolute atomic E-state index is 0.00113. The Morgan fingerprint density at radius 2 is 1.57 bits per heavy atom. The average Bonchev–Trinajstić information content (AvgIpc) is 2.70. The van der Waals surface area contributed by atoms with E-state index in [9.17, 15) is 18.8 Å². The van der Waals surface area contributed by atoms with Gasteiger partial charge in [-0.2, -0.15) is 0 Å². The lowest BCUT2D eigenvalue weighted by atomic mass is 10.2. The monoisotopic (exact) mass is 414 g/mol. The summed E-state index contributed by atoms with van der Waals surface area (Å²) in [6.07, 6.45) is 0.774. The van der Waals surface area contributed by atoms with E-state index in [1.54, 1.807) is 4.90 Å². The SMILES string of the molecule is CCCN(CC(=O)NCC(=O)Nc1ccc(F)cc1)CC(=O)Nc1ccccc1C. The summed E-state index contributed by atoms with van der Waals surface area (Å²) in [6.45, 7) is 4.28. The maximum absolute atomic E-state index is 12.9. The fourth-order valence-corrected chi connectivity index (χ4v) is 2.81. The second-order valence-electron chi connectivity index (χ2n) is 6.91. The number of nitrogens with zero attached hydrogens (tertiary/aromatic N) is 1. The molecular weight excluding hydrogens is 387 g/mol. The summed E-state index contributed by atoms with van der Waals surface area (Å²) in [6, 6.07) is 12.8. The molecule has 0 spiro atoms. The third-order valence-corrected chi connectivity index (χ3v) is 4.27. The van der Waals surface area contributed by atoms with Crippen molar-refractivity contribution in [2.45, 2.75) is 20.3 Å². The molecule has 3 N–H and O–H groups in total. The third kappa shape index (κ3) is 8.00. The molecule has 0 aliphatic rings. The molecule has 7 nitrogen and oxygen atoms in total. The second-order valence-corrected chi connectivity index (χ2v) is 6.91. The standard InChI is InChI=1S/C22H27FN4O3/c1-3-12-27(15-22(30)26-19-7-5-4-6-16(19)2)14-21(29)24-13-20(28)25-18-10-8-17(23)9-11-18/h4-11H,3,12-15H2,1-2H3,(H,24,29)(H,25,28)(H,26,30). The fraction of sp³-hybridized carbons (Fsp3) is 0.318. The van der Waals surface area contributed by atoms with Gasteiger partial charge in [-0.1, -0.05) is 25.1 Å². The van der Waals surface area contributed by atoms with Crippen LogP contribution in [0.4, 0.5) is 15.8 Å². The lowest BCUT2D eigenvalue weighted by molar-refractivity contribution is -0.125. The Labute approximate surface area is 175 Å². The molecule has 3 amide bonds. The Kier molecular flexibility index (Phi) is 8.96. The van der Waals surface area contributed by atoms with E-state index in [4.69, 9.17) is 0 Å². The molecule has 0 heterocycles. The van der Waals surface area contributed by atoms with E-state index in [-0.39, 0.29) is 31.4 Å². The lowest BCUT2D eigenvalue weighted by Crippen LogP contribution is -2.43. The van der Waals surface area contributed by atoms with Gasteiger partial charge in [-0.3, -0.25) is 19.3 Å². The van der Waals surface area contributed by atoms with Crippen LogP contribution in [0.5, 0.6) is 0 Å². The first-order chi connectivity index (χ1) is 14.4. The van der Waals surface area contributed by atoms with Gasteiger partial charge in [0.1, 0.15) is 5.82 Å². The van der Waals surface area contributed by atoms with Crippen LogP contribution in [0, 0.1) is 12.7 Å². The summed E-state index contributed by atoms with van der Waals surface area (Å²) in [4.78, 5) is 38.2. The summed E-state index contributed by atoms with van der Waals surface area (Å²) < 4.78 is 12.9. The van der Waals surface area contributed by atoms with Crippen molar-refractivity contribution < 1.29 is 18.8 Å². The summed E-state index contributed by atoms with van der Waals surface area (Å²) in [7, 11) is 0. The van der Waals surface area contributed by atoms with Crippen LogP contribution in [0.1, 0.15) is 18.9 Å². The molecule has 0 fully saturated rings. The smallest absolute Gasteiger partial charge is 0.243 e. The highest BCUT2D eigenvalue weighted by molar-refractivity contribution is 5.95. The Hall–Kier alpha value is -3.26. The minimum Gasteiger partial charge on any atom is -0.346 e. The summed E-state index contributed by atoms with van der Waals surface area (Å²) in [5, 5.41) is 7.96. The number of anilines is 2. The van der Waals surface area contributed by atoms with Gasteiger partial charge in [0.15, 0.2) is 0 Å². The highest BCUT2D eigenvalue weighted by Gasteiger charge is 2.15. The molecule has 0 unspecified atom stereocenters. The normalized spacial score (nSPS) is 10.5. The van der Waals surface area contributed by atoms with Crippen LogP contribution in [-0.4, -0.2) is 48.8 Å². The van der Waals surface area contributed by atoms with Crippen LogP contribution in [0.3, 0.4) is 0 Å². The Bertz CT molecular complexity index is 871. The first kappa shape index (κ1) is 23.0. The maximum atomic E-state index is 12.9. The molecule has 2 aromatic rings. The van der Waals surface area contributed by atoms with Crippen molar-refractivity contribution in [3.05, 3.63) is 59.9 Å². The highest BCUT2D eigenvalue weighted by Crippen LogP contribution is 2.13.